The summed E-state index contributed by atoms with van der Waals surface area (Å²) in [4.78, 5) is 15.8. The Morgan fingerprint density at radius 2 is 2.04 bits per heavy atom. The van der Waals surface area contributed by atoms with Crippen LogP contribution in [0.25, 0.3) is 11.0 Å². The third kappa shape index (κ3) is 2.79. The van der Waals surface area contributed by atoms with Crippen LogP contribution >= 0.6 is 27.3 Å². The zero-order valence-corrected chi connectivity index (χ0v) is 15.3. The summed E-state index contributed by atoms with van der Waals surface area (Å²) in [6, 6.07) is 7.04. The van der Waals surface area contributed by atoms with E-state index in [9.17, 15) is 9.90 Å². The summed E-state index contributed by atoms with van der Waals surface area (Å²) < 4.78 is 6.52. The van der Waals surface area contributed by atoms with Gasteiger partial charge in [-0.3, -0.25) is 9.69 Å². The number of aromatic hydroxyl groups is 1. The number of hydrogen-bond acceptors (Lipinski definition) is 5. The van der Waals surface area contributed by atoms with Crippen molar-refractivity contribution in [3.63, 3.8) is 0 Å². The monoisotopic (exact) mass is 405 g/mol. The average molecular weight is 406 g/mol. The number of furan rings is 1. The average Bonchev–Trinajstić information content (AvgIpc) is 3.30. The maximum Gasteiger partial charge on any atom is 0.206 e. The van der Waals surface area contributed by atoms with E-state index >= 15 is 0 Å². The van der Waals surface area contributed by atoms with Crippen molar-refractivity contribution < 1.29 is 14.3 Å². The number of benzene rings is 1. The largest absolute Gasteiger partial charge is 0.508 e. The van der Waals surface area contributed by atoms with Crippen LogP contribution in [0.2, 0.25) is 0 Å². The number of carbonyl (C=O) groups is 1. The van der Waals surface area contributed by atoms with Crippen LogP contribution in [0.1, 0.15) is 33.6 Å². The Morgan fingerprint density at radius 1 is 1.25 bits per heavy atom. The maximum absolute atomic E-state index is 12.9. The Balaban J connectivity index is 1.81. The van der Waals surface area contributed by atoms with Gasteiger partial charge in [0.2, 0.25) is 5.78 Å². The molecule has 0 saturated carbocycles. The van der Waals surface area contributed by atoms with E-state index in [1.807, 2.05) is 6.07 Å². The van der Waals surface area contributed by atoms with Crippen LogP contribution in [0, 0.1) is 0 Å². The molecule has 4 rings (SSSR count). The molecule has 0 unspecified atom stereocenters. The quantitative estimate of drug-likeness (QED) is 0.633. The van der Waals surface area contributed by atoms with Gasteiger partial charge in [-0.2, -0.15) is 0 Å². The molecule has 1 saturated heterocycles. The molecule has 3 heterocycles. The Bertz CT molecular complexity index is 908. The van der Waals surface area contributed by atoms with Crippen molar-refractivity contribution in [2.45, 2.75) is 19.4 Å². The highest BCUT2D eigenvalue weighted by molar-refractivity contribution is 9.11. The maximum atomic E-state index is 12.9. The summed E-state index contributed by atoms with van der Waals surface area (Å²) in [7, 11) is 0. The molecule has 1 aromatic carbocycles. The standard InChI is InChI=1S/C18H16BrNO3S/c19-16-6-5-15(24-16)18(22)12-10-23-14-4-3-13(21)11(17(12)14)9-20-7-1-2-8-20/h3-6,10,21H,1-2,7-9H2. The molecule has 24 heavy (non-hydrogen) atoms. The van der Waals surface area contributed by atoms with E-state index < -0.39 is 0 Å². The van der Waals surface area contributed by atoms with Gasteiger partial charge in [-0.1, -0.05) is 0 Å². The number of phenols is 1. The van der Waals surface area contributed by atoms with Crippen LogP contribution in [-0.4, -0.2) is 28.9 Å². The van der Waals surface area contributed by atoms with Crippen molar-refractivity contribution in [3.8, 4) is 5.75 Å². The first-order chi connectivity index (χ1) is 11.6. The van der Waals surface area contributed by atoms with Crippen molar-refractivity contribution in [1.82, 2.24) is 4.90 Å². The van der Waals surface area contributed by atoms with E-state index in [4.69, 9.17) is 4.42 Å². The van der Waals surface area contributed by atoms with Gasteiger partial charge in [0.15, 0.2) is 0 Å². The molecule has 6 heteroatoms. The topological polar surface area (TPSA) is 53.7 Å². The highest BCUT2D eigenvalue weighted by Gasteiger charge is 2.23. The lowest BCUT2D eigenvalue weighted by Crippen LogP contribution is -2.18. The summed E-state index contributed by atoms with van der Waals surface area (Å²) >= 11 is 4.79. The number of halogens is 1. The van der Waals surface area contributed by atoms with E-state index in [-0.39, 0.29) is 11.5 Å². The lowest BCUT2D eigenvalue weighted by molar-refractivity contribution is 0.104. The minimum atomic E-state index is -0.0716. The van der Waals surface area contributed by atoms with E-state index in [0.717, 1.165) is 27.8 Å². The molecule has 124 valence electrons. The molecule has 0 radical (unpaired) electrons. The van der Waals surface area contributed by atoms with Gasteiger partial charge in [-0.05, 0) is 66.1 Å². The molecular formula is C18H16BrNO3S. The molecule has 0 spiro atoms. The van der Waals surface area contributed by atoms with Crippen LogP contribution in [0.4, 0.5) is 0 Å². The van der Waals surface area contributed by atoms with Gasteiger partial charge in [0.25, 0.3) is 0 Å². The van der Waals surface area contributed by atoms with Crippen LogP contribution in [0.3, 0.4) is 0 Å². The number of hydrogen-bond donors (Lipinski definition) is 1. The van der Waals surface area contributed by atoms with Crippen LogP contribution in [0.15, 0.2) is 38.7 Å². The lowest BCUT2D eigenvalue weighted by atomic mass is 10.0. The molecule has 0 amide bonds. The molecule has 1 aliphatic rings. The van der Waals surface area contributed by atoms with Gasteiger partial charge in [-0.25, -0.2) is 0 Å². The fourth-order valence-corrected chi connectivity index (χ4v) is 4.59. The highest BCUT2D eigenvalue weighted by atomic mass is 79.9. The van der Waals surface area contributed by atoms with Crippen LogP contribution in [-0.2, 0) is 6.54 Å². The third-order valence-electron chi connectivity index (χ3n) is 4.45. The zero-order chi connectivity index (χ0) is 16.7. The Morgan fingerprint density at radius 3 is 2.75 bits per heavy atom. The Labute approximate surface area is 151 Å². The highest BCUT2D eigenvalue weighted by Crippen LogP contribution is 2.35. The molecule has 4 nitrogen and oxygen atoms in total. The number of rotatable bonds is 4. The molecule has 0 atom stereocenters. The first-order valence-corrected chi connectivity index (χ1v) is 9.49. The molecule has 1 fully saturated rings. The molecule has 1 N–H and O–H groups in total. The summed E-state index contributed by atoms with van der Waals surface area (Å²) in [5.41, 5.74) is 1.94. The third-order valence-corrected chi connectivity index (χ3v) is 6.07. The number of fused-ring (bicyclic) bond motifs is 1. The predicted molar refractivity (Wildman–Crippen MR) is 97.8 cm³/mol. The fraction of sp³-hybridized carbons (Fsp3) is 0.278. The van der Waals surface area contributed by atoms with Gasteiger partial charge in [0.05, 0.1) is 14.2 Å². The van der Waals surface area contributed by atoms with Crippen molar-refractivity contribution in [2.24, 2.45) is 0 Å². The number of nitrogens with zero attached hydrogens (tertiary/aromatic N) is 1. The Kier molecular flexibility index (Phi) is 4.20. The lowest BCUT2D eigenvalue weighted by Gasteiger charge is -2.16. The minimum absolute atomic E-state index is 0.0716. The number of thiophene rings is 1. The summed E-state index contributed by atoms with van der Waals surface area (Å²) in [5, 5.41) is 11.1. The number of ketones is 1. The predicted octanol–water partition coefficient (Wildman–Crippen LogP) is 4.79. The van der Waals surface area contributed by atoms with Crippen molar-refractivity contribution >= 4 is 44.0 Å². The van der Waals surface area contributed by atoms with Crippen molar-refractivity contribution in [3.05, 3.63) is 50.3 Å². The van der Waals surface area contributed by atoms with E-state index in [1.54, 1.807) is 18.2 Å². The smallest absolute Gasteiger partial charge is 0.206 e. The second kappa shape index (κ2) is 6.35. The first kappa shape index (κ1) is 15.9. The first-order valence-electron chi connectivity index (χ1n) is 7.88. The number of phenolic OH excluding ortho intramolecular Hbond substituents is 1. The minimum Gasteiger partial charge on any atom is -0.508 e. The van der Waals surface area contributed by atoms with E-state index in [0.29, 0.717) is 22.6 Å². The Hall–Kier alpha value is -1.63. The van der Waals surface area contributed by atoms with E-state index in [1.165, 1.54) is 30.4 Å². The van der Waals surface area contributed by atoms with Crippen molar-refractivity contribution in [1.29, 1.82) is 0 Å². The van der Waals surface area contributed by atoms with E-state index in [2.05, 4.69) is 20.8 Å². The van der Waals surface area contributed by atoms with Gasteiger partial charge < -0.3 is 9.52 Å². The number of carbonyl (C=O) groups excluding carboxylic acids is 1. The van der Waals surface area contributed by atoms with Gasteiger partial charge in [-0.15, -0.1) is 11.3 Å². The molecule has 0 bridgehead atoms. The molecule has 3 aromatic rings. The van der Waals surface area contributed by atoms with Gasteiger partial charge in [0, 0.05) is 17.5 Å². The van der Waals surface area contributed by atoms with Crippen molar-refractivity contribution in [2.75, 3.05) is 13.1 Å². The molecular weight excluding hydrogens is 390 g/mol. The molecule has 1 aliphatic heterocycles. The summed E-state index contributed by atoms with van der Waals surface area (Å²) in [6.07, 6.45) is 3.86. The second-order valence-electron chi connectivity index (χ2n) is 6.00. The summed E-state index contributed by atoms with van der Waals surface area (Å²) in [6.45, 7) is 2.68. The SMILES string of the molecule is O=C(c1ccc(Br)s1)c1coc2ccc(O)c(CN3CCCC3)c12. The molecule has 2 aromatic heterocycles. The second-order valence-corrected chi connectivity index (χ2v) is 8.46. The summed E-state index contributed by atoms with van der Waals surface area (Å²) in [5.74, 6) is 0.148. The van der Waals surface area contributed by atoms with Crippen LogP contribution < -0.4 is 0 Å². The zero-order valence-electron chi connectivity index (χ0n) is 12.9. The fourth-order valence-electron chi connectivity index (χ4n) is 3.25. The van der Waals surface area contributed by atoms with Gasteiger partial charge >= 0.3 is 0 Å². The number of likely N-dealkylation sites (tertiary alicyclic amines) is 1. The molecule has 0 aliphatic carbocycles. The normalized spacial score (nSPS) is 15.4. The van der Waals surface area contributed by atoms with Gasteiger partial charge in [0.1, 0.15) is 17.6 Å². The van der Waals surface area contributed by atoms with Crippen LogP contribution in [0.5, 0.6) is 5.75 Å².